The smallest absolute Gasteiger partial charge is 0.342 e. The molecule has 0 atom stereocenters. The molecule has 34 heavy (non-hydrogen) atoms. The summed E-state index contributed by atoms with van der Waals surface area (Å²) in [6, 6.07) is 6.11. The predicted octanol–water partition coefficient (Wildman–Crippen LogP) is 3.53. The van der Waals surface area contributed by atoms with Gasteiger partial charge in [-0.15, -0.1) is 0 Å². The van der Waals surface area contributed by atoms with E-state index in [0.29, 0.717) is 17.1 Å². The van der Waals surface area contributed by atoms with Crippen LogP contribution >= 0.6 is 0 Å². The SMILES string of the molecule is COC(=O)c1c(C(=O)OC)c(-c2ccc(OC)c(OC)c2)c2c(O)c(OC)c(OC)cc2c1O. The maximum Gasteiger partial charge on any atom is 0.342 e. The molecule has 0 heterocycles. The molecule has 10 heteroatoms. The van der Waals surface area contributed by atoms with Crippen LogP contribution in [0.25, 0.3) is 21.9 Å². The van der Waals surface area contributed by atoms with Gasteiger partial charge in [0.25, 0.3) is 0 Å². The standard InChI is InChI=1S/C24H24O10/c1-29-13-8-7-11(9-14(13)30-2)16-17-12(10-15(31-3)22(32-4)21(17)26)20(25)19(24(28)34-6)18(16)23(27)33-5/h7-10,25-26H,1-6H3. The monoisotopic (exact) mass is 472 g/mol. The minimum Gasteiger partial charge on any atom is -0.506 e. The Morgan fingerprint density at radius 3 is 1.79 bits per heavy atom. The minimum absolute atomic E-state index is 0.00740. The fraction of sp³-hybridized carbons (Fsp3) is 0.250. The van der Waals surface area contributed by atoms with Gasteiger partial charge >= 0.3 is 11.9 Å². The molecule has 0 saturated carbocycles. The Bertz CT molecular complexity index is 1280. The van der Waals surface area contributed by atoms with Crippen LogP contribution in [0.1, 0.15) is 20.7 Å². The molecule has 180 valence electrons. The number of hydrogen-bond donors (Lipinski definition) is 2. The molecule has 0 aliphatic heterocycles. The Labute approximate surface area is 195 Å². The zero-order chi connectivity index (χ0) is 25.2. The summed E-state index contributed by atoms with van der Waals surface area (Å²) in [5.74, 6) is -2.21. The van der Waals surface area contributed by atoms with Gasteiger partial charge in [0.05, 0.1) is 48.2 Å². The Balaban J connectivity index is 2.68. The highest BCUT2D eigenvalue weighted by Gasteiger charge is 2.33. The first-order valence-corrected chi connectivity index (χ1v) is 9.85. The second-order valence-corrected chi connectivity index (χ2v) is 6.91. The third-order valence-electron chi connectivity index (χ3n) is 5.34. The van der Waals surface area contributed by atoms with Crippen LogP contribution < -0.4 is 18.9 Å². The molecule has 0 unspecified atom stereocenters. The molecule has 3 aromatic rings. The number of carbonyl (C=O) groups excluding carboxylic acids is 2. The molecule has 0 amide bonds. The number of aromatic hydroxyl groups is 2. The number of benzene rings is 3. The molecule has 0 saturated heterocycles. The van der Waals surface area contributed by atoms with Crippen LogP contribution in [0.5, 0.6) is 34.5 Å². The van der Waals surface area contributed by atoms with Crippen molar-refractivity contribution in [2.24, 2.45) is 0 Å². The predicted molar refractivity (Wildman–Crippen MR) is 122 cm³/mol. The third kappa shape index (κ3) is 3.72. The number of hydrogen-bond acceptors (Lipinski definition) is 10. The van der Waals surface area contributed by atoms with Crippen molar-refractivity contribution in [2.45, 2.75) is 0 Å². The van der Waals surface area contributed by atoms with Crippen LogP contribution in [0, 0.1) is 0 Å². The topological polar surface area (TPSA) is 130 Å². The van der Waals surface area contributed by atoms with Crippen molar-refractivity contribution in [1.82, 2.24) is 0 Å². The summed E-state index contributed by atoms with van der Waals surface area (Å²) in [5.41, 5.74) is -0.359. The zero-order valence-corrected chi connectivity index (χ0v) is 19.5. The molecule has 0 bridgehead atoms. The van der Waals surface area contributed by atoms with Gasteiger partial charge in [-0.05, 0) is 23.8 Å². The van der Waals surface area contributed by atoms with Gasteiger partial charge in [-0.3, -0.25) is 0 Å². The van der Waals surface area contributed by atoms with Gasteiger partial charge in [0.2, 0.25) is 5.75 Å². The molecule has 0 aromatic heterocycles. The van der Waals surface area contributed by atoms with Crippen LogP contribution in [-0.4, -0.2) is 64.8 Å². The van der Waals surface area contributed by atoms with Crippen molar-refractivity contribution in [1.29, 1.82) is 0 Å². The normalized spacial score (nSPS) is 10.5. The van der Waals surface area contributed by atoms with E-state index >= 15 is 0 Å². The molecule has 3 rings (SSSR count). The summed E-state index contributed by atoms with van der Waals surface area (Å²) < 4.78 is 31.0. The largest absolute Gasteiger partial charge is 0.506 e. The number of phenols is 2. The van der Waals surface area contributed by atoms with Crippen molar-refractivity contribution < 1.29 is 48.2 Å². The number of methoxy groups -OCH3 is 6. The van der Waals surface area contributed by atoms with E-state index in [2.05, 4.69) is 0 Å². The van der Waals surface area contributed by atoms with E-state index in [1.54, 1.807) is 18.2 Å². The number of phenolic OH excluding ortho intramolecular Hbond substituents is 2. The molecule has 0 spiro atoms. The van der Waals surface area contributed by atoms with Crippen LogP contribution in [-0.2, 0) is 9.47 Å². The highest BCUT2D eigenvalue weighted by Crippen LogP contribution is 2.52. The first kappa shape index (κ1) is 24.3. The van der Waals surface area contributed by atoms with Crippen molar-refractivity contribution in [3.8, 4) is 45.6 Å². The van der Waals surface area contributed by atoms with E-state index in [1.807, 2.05) is 0 Å². The van der Waals surface area contributed by atoms with Crippen molar-refractivity contribution in [2.75, 3.05) is 42.7 Å². The molecule has 0 aliphatic carbocycles. The van der Waals surface area contributed by atoms with Crippen molar-refractivity contribution in [3.05, 3.63) is 35.4 Å². The Hall–Kier alpha value is -4.34. The highest BCUT2D eigenvalue weighted by atomic mass is 16.5. The Morgan fingerprint density at radius 2 is 1.26 bits per heavy atom. The van der Waals surface area contributed by atoms with Gasteiger partial charge in [0.1, 0.15) is 11.3 Å². The number of rotatable bonds is 7. The van der Waals surface area contributed by atoms with Crippen molar-refractivity contribution in [3.63, 3.8) is 0 Å². The lowest BCUT2D eigenvalue weighted by Gasteiger charge is -2.21. The molecule has 0 fully saturated rings. The zero-order valence-electron chi connectivity index (χ0n) is 19.5. The van der Waals surface area contributed by atoms with E-state index in [0.717, 1.165) is 14.2 Å². The average molecular weight is 472 g/mol. The third-order valence-corrected chi connectivity index (χ3v) is 5.34. The molecule has 2 N–H and O–H groups in total. The van der Waals surface area contributed by atoms with Gasteiger partial charge in [-0.25, -0.2) is 9.59 Å². The maximum absolute atomic E-state index is 13.0. The summed E-state index contributed by atoms with van der Waals surface area (Å²) in [4.78, 5) is 25.7. The number of esters is 2. The first-order chi connectivity index (χ1) is 16.3. The highest BCUT2D eigenvalue weighted by molar-refractivity contribution is 6.20. The summed E-state index contributed by atoms with van der Waals surface area (Å²) in [6.45, 7) is 0. The second-order valence-electron chi connectivity index (χ2n) is 6.91. The molecule has 3 aromatic carbocycles. The van der Waals surface area contributed by atoms with Gasteiger partial charge < -0.3 is 38.6 Å². The van der Waals surface area contributed by atoms with Crippen LogP contribution in [0.15, 0.2) is 24.3 Å². The number of ether oxygens (including phenoxy) is 6. The van der Waals surface area contributed by atoms with Gasteiger partial charge in [-0.1, -0.05) is 6.07 Å². The van der Waals surface area contributed by atoms with Crippen LogP contribution in [0.4, 0.5) is 0 Å². The summed E-state index contributed by atoms with van der Waals surface area (Å²) in [7, 11) is 7.80. The average Bonchev–Trinajstić information content (AvgIpc) is 2.86. The fourth-order valence-electron chi connectivity index (χ4n) is 3.81. The molecule has 10 nitrogen and oxygen atoms in total. The van der Waals surface area contributed by atoms with Gasteiger partial charge in [0, 0.05) is 16.3 Å². The van der Waals surface area contributed by atoms with Gasteiger partial charge in [0.15, 0.2) is 23.0 Å². The molecular formula is C24H24O10. The van der Waals surface area contributed by atoms with E-state index in [-0.39, 0.29) is 33.4 Å². The van der Waals surface area contributed by atoms with Crippen LogP contribution in [0.2, 0.25) is 0 Å². The van der Waals surface area contributed by atoms with Gasteiger partial charge in [-0.2, -0.15) is 0 Å². The summed E-state index contributed by atoms with van der Waals surface area (Å²) in [5, 5.41) is 22.3. The van der Waals surface area contributed by atoms with E-state index < -0.39 is 29.0 Å². The van der Waals surface area contributed by atoms with E-state index in [4.69, 9.17) is 28.4 Å². The summed E-state index contributed by atoms with van der Waals surface area (Å²) >= 11 is 0. The Kier molecular flexibility index (Phi) is 6.90. The van der Waals surface area contributed by atoms with E-state index in [9.17, 15) is 19.8 Å². The number of fused-ring (bicyclic) bond motifs is 1. The Morgan fingerprint density at radius 1 is 0.676 bits per heavy atom. The lowest BCUT2D eigenvalue weighted by molar-refractivity contribution is 0.0553. The lowest BCUT2D eigenvalue weighted by Crippen LogP contribution is -2.14. The quantitative estimate of drug-likeness (QED) is 0.493. The number of carbonyl (C=O) groups is 2. The molecule has 0 aliphatic rings. The fourth-order valence-corrected chi connectivity index (χ4v) is 3.81. The first-order valence-electron chi connectivity index (χ1n) is 9.85. The second kappa shape index (κ2) is 9.65. The molecule has 0 radical (unpaired) electrons. The maximum atomic E-state index is 13.0. The summed E-state index contributed by atoms with van der Waals surface area (Å²) in [6.07, 6.45) is 0. The van der Waals surface area contributed by atoms with E-state index in [1.165, 1.54) is 34.5 Å². The lowest BCUT2D eigenvalue weighted by atomic mass is 9.87. The minimum atomic E-state index is -0.990. The van der Waals surface area contributed by atoms with Crippen molar-refractivity contribution >= 4 is 22.7 Å². The molecular weight excluding hydrogens is 448 g/mol. The van der Waals surface area contributed by atoms with Crippen LogP contribution in [0.3, 0.4) is 0 Å².